The molecule has 1 saturated heterocycles. The molecule has 3 aromatic heterocycles. The Labute approximate surface area is 177 Å². The van der Waals surface area contributed by atoms with Crippen LogP contribution in [0.4, 0.5) is 0 Å². The van der Waals surface area contributed by atoms with Gasteiger partial charge in [-0.15, -0.1) is 11.3 Å². The minimum absolute atomic E-state index is 0.00831. The highest BCUT2D eigenvalue weighted by atomic mass is 32.1. The molecule has 5 rings (SSSR count). The predicted molar refractivity (Wildman–Crippen MR) is 117 cm³/mol. The van der Waals surface area contributed by atoms with Gasteiger partial charge < -0.3 is 9.88 Å². The van der Waals surface area contributed by atoms with Crippen LogP contribution in [-0.2, 0) is 30.6 Å². The Bertz CT molecular complexity index is 1080. The molecule has 1 N–H and O–H groups in total. The monoisotopic (exact) mass is 428 g/mol. The topological polar surface area (TPSA) is 69.3 Å². The number of H-pyrrole nitrogens is 1. The maximum absolute atomic E-state index is 12.7. The van der Waals surface area contributed by atoms with Crippen LogP contribution in [0, 0.1) is 0 Å². The molecule has 1 amide bonds. The van der Waals surface area contributed by atoms with Crippen molar-refractivity contribution in [1.82, 2.24) is 19.8 Å². The molecule has 0 aromatic carbocycles. The number of piperazine rings is 1. The molecule has 3 aromatic rings. The normalized spacial score (nSPS) is 17.6. The number of rotatable bonds is 4. The molecule has 0 saturated carbocycles. The second-order valence-corrected chi connectivity index (χ2v) is 9.73. The maximum Gasteiger partial charge on any atom is 0.259 e. The number of hydrogen-bond donors (Lipinski definition) is 1. The molecule has 0 spiro atoms. The number of carbonyl (C=O) groups is 1. The Balaban J connectivity index is 1.24. The SMILES string of the molecule is O=C(Cc1ccsc1)N1CCN(Cc2nc3sc4c(c3c(=O)[nH]2)CCCC4)CC1. The Morgan fingerprint density at radius 2 is 2.00 bits per heavy atom. The molecule has 29 heavy (non-hydrogen) atoms. The molecule has 0 radical (unpaired) electrons. The number of aromatic amines is 1. The van der Waals surface area contributed by atoms with Gasteiger partial charge in [-0.3, -0.25) is 14.5 Å². The van der Waals surface area contributed by atoms with Crippen LogP contribution in [0.25, 0.3) is 10.2 Å². The van der Waals surface area contributed by atoms with Crippen LogP contribution in [0.3, 0.4) is 0 Å². The summed E-state index contributed by atoms with van der Waals surface area (Å²) >= 11 is 3.32. The summed E-state index contributed by atoms with van der Waals surface area (Å²) in [6.45, 7) is 3.68. The van der Waals surface area contributed by atoms with Gasteiger partial charge in [-0.1, -0.05) is 0 Å². The summed E-state index contributed by atoms with van der Waals surface area (Å²) in [6.07, 6.45) is 4.93. The van der Waals surface area contributed by atoms with Gasteiger partial charge in [0.05, 0.1) is 18.4 Å². The van der Waals surface area contributed by atoms with E-state index >= 15 is 0 Å². The molecule has 8 heteroatoms. The number of amides is 1. The van der Waals surface area contributed by atoms with Crippen LogP contribution in [-0.4, -0.2) is 51.9 Å². The smallest absolute Gasteiger partial charge is 0.259 e. The second kappa shape index (κ2) is 8.01. The minimum atomic E-state index is 0.00831. The minimum Gasteiger partial charge on any atom is -0.340 e. The fourth-order valence-electron chi connectivity index (χ4n) is 4.33. The van der Waals surface area contributed by atoms with Crippen molar-refractivity contribution >= 4 is 38.8 Å². The summed E-state index contributed by atoms with van der Waals surface area (Å²) in [4.78, 5) is 39.4. The van der Waals surface area contributed by atoms with E-state index in [-0.39, 0.29) is 11.5 Å². The van der Waals surface area contributed by atoms with Gasteiger partial charge in [0.15, 0.2) is 0 Å². The molecule has 1 aliphatic carbocycles. The first-order valence-electron chi connectivity index (χ1n) is 10.2. The van der Waals surface area contributed by atoms with E-state index in [1.54, 1.807) is 22.7 Å². The lowest BCUT2D eigenvalue weighted by atomic mass is 9.97. The first-order valence-corrected chi connectivity index (χ1v) is 12.0. The lowest BCUT2D eigenvalue weighted by Gasteiger charge is -2.34. The lowest BCUT2D eigenvalue weighted by molar-refractivity contribution is -0.132. The fourth-order valence-corrected chi connectivity index (χ4v) is 6.28. The quantitative estimate of drug-likeness (QED) is 0.694. The van der Waals surface area contributed by atoms with Gasteiger partial charge in [-0.05, 0) is 53.6 Å². The third-order valence-electron chi connectivity index (χ3n) is 5.91. The van der Waals surface area contributed by atoms with Crippen molar-refractivity contribution in [1.29, 1.82) is 0 Å². The van der Waals surface area contributed by atoms with Crippen molar-refractivity contribution in [3.63, 3.8) is 0 Å². The third kappa shape index (κ3) is 3.89. The van der Waals surface area contributed by atoms with Crippen molar-refractivity contribution in [2.24, 2.45) is 0 Å². The molecule has 6 nitrogen and oxygen atoms in total. The molecular weight excluding hydrogens is 404 g/mol. The molecular formula is C21H24N4O2S2. The van der Waals surface area contributed by atoms with Crippen molar-refractivity contribution < 1.29 is 4.79 Å². The zero-order valence-electron chi connectivity index (χ0n) is 16.3. The molecule has 2 aliphatic rings. The summed E-state index contributed by atoms with van der Waals surface area (Å²) in [5, 5.41) is 4.86. The number of aromatic nitrogens is 2. The lowest BCUT2D eigenvalue weighted by Crippen LogP contribution is -2.48. The van der Waals surface area contributed by atoms with Gasteiger partial charge in [0, 0.05) is 31.1 Å². The number of aryl methyl sites for hydroxylation is 2. The van der Waals surface area contributed by atoms with Crippen molar-refractivity contribution in [3.05, 3.63) is 49.0 Å². The van der Waals surface area contributed by atoms with Gasteiger partial charge in [-0.2, -0.15) is 11.3 Å². The van der Waals surface area contributed by atoms with E-state index in [0.29, 0.717) is 13.0 Å². The van der Waals surface area contributed by atoms with Crippen LogP contribution in [0.2, 0.25) is 0 Å². The molecule has 0 bridgehead atoms. The highest BCUT2D eigenvalue weighted by Crippen LogP contribution is 2.33. The van der Waals surface area contributed by atoms with E-state index < -0.39 is 0 Å². The molecule has 0 atom stereocenters. The van der Waals surface area contributed by atoms with Crippen LogP contribution in [0.15, 0.2) is 21.6 Å². The maximum atomic E-state index is 12.7. The van der Waals surface area contributed by atoms with E-state index in [2.05, 4.69) is 9.88 Å². The largest absolute Gasteiger partial charge is 0.340 e. The zero-order chi connectivity index (χ0) is 19.8. The first-order chi connectivity index (χ1) is 14.2. The number of nitrogens with zero attached hydrogens (tertiary/aromatic N) is 3. The summed E-state index contributed by atoms with van der Waals surface area (Å²) in [5.41, 5.74) is 2.33. The van der Waals surface area contributed by atoms with E-state index in [4.69, 9.17) is 4.98 Å². The van der Waals surface area contributed by atoms with Crippen molar-refractivity contribution in [3.8, 4) is 0 Å². The Morgan fingerprint density at radius 1 is 1.17 bits per heavy atom. The summed E-state index contributed by atoms with van der Waals surface area (Å²) in [5.74, 6) is 0.930. The third-order valence-corrected chi connectivity index (χ3v) is 7.83. The van der Waals surface area contributed by atoms with E-state index in [9.17, 15) is 9.59 Å². The number of carbonyl (C=O) groups excluding carboxylic acids is 1. The summed E-state index contributed by atoms with van der Waals surface area (Å²) in [7, 11) is 0. The highest BCUT2D eigenvalue weighted by Gasteiger charge is 2.23. The second-order valence-electron chi connectivity index (χ2n) is 7.87. The average molecular weight is 429 g/mol. The van der Waals surface area contributed by atoms with E-state index in [1.807, 2.05) is 21.7 Å². The summed E-state index contributed by atoms with van der Waals surface area (Å²) in [6, 6.07) is 2.01. The Kier molecular flexibility index (Phi) is 5.24. The highest BCUT2D eigenvalue weighted by molar-refractivity contribution is 7.18. The van der Waals surface area contributed by atoms with Gasteiger partial charge in [0.25, 0.3) is 5.56 Å². The number of nitrogens with one attached hydrogen (secondary N) is 1. The zero-order valence-corrected chi connectivity index (χ0v) is 17.9. The van der Waals surface area contributed by atoms with Gasteiger partial charge in [-0.25, -0.2) is 4.98 Å². The van der Waals surface area contributed by atoms with Crippen LogP contribution in [0.5, 0.6) is 0 Å². The first kappa shape index (κ1) is 19.0. The molecule has 0 unspecified atom stereocenters. The molecule has 152 valence electrons. The van der Waals surface area contributed by atoms with Crippen LogP contribution >= 0.6 is 22.7 Å². The Hall–Kier alpha value is -2.03. The number of fused-ring (bicyclic) bond motifs is 3. The number of hydrogen-bond acceptors (Lipinski definition) is 6. The van der Waals surface area contributed by atoms with Gasteiger partial charge in [0.2, 0.25) is 5.91 Å². The Morgan fingerprint density at radius 3 is 2.79 bits per heavy atom. The van der Waals surface area contributed by atoms with E-state index in [1.165, 1.54) is 16.9 Å². The van der Waals surface area contributed by atoms with E-state index in [0.717, 1.165) is 67.0 Å². The molecule has 1 fully saturated rings. The molecule has 1 aliphatic heterocycles. The van der Waals surface area contributed by atoms with Crippen molar-refractivity contribution in [2.45, 2.75) is 38.6 Å². The number of thiophene rings is 2. The van der Waals surface area contributed by atoms with Crippen molar-refractivity contribution in [2.75, 3.05) is 26.2 Å². The van der Waals surface area contributed by atoms with Crippen LogP contribution < -0.4 is 5.56 Å². The van der Waals surface area contributed by atoms with Gasteiger partial charge in [0.1, 0.15) is 10.7 Å². The van der Waals surface area contributed by atoms with Gasteiger partial charge >= 0.3 is 0 Å². The van der Waals surface area contributed by atoms with Crippen LogP contribution in [0.1, 0.15) is 34.7 Å². The standard InChI is InChI=1S/C21H24N4O2S2/c26-18(11-14-5-10-28-13-14)25-8-6-24(7-9-25)12-17-22-20(27)19-15-3-1-2-4-16(15)29-21(19)23-17/h5,10,13H,1-4,6-9,11-12H2,(H,22,23,27). The molecule has 4 heterocycles. The predicted octanol–water partition coefficient (Wildman–Crippen LogP) is 2.81. The summed E-state index contributed by atoms with van der Waals surface area (Å²) < 4.78 is 0. The average Bonchev–Trinajstić information content (AvgIpc) is 3.35. The fraction of sp³-hybridized carbons (Fsp3) is 0.476.